The second kappa shape index (κ2) is 9.25. The lowest BCUT2D eigenvalue weighted by Crippen LogP contribution is -2.52. The largest absolute Gasteiger partial charge is 0.343 e. The molecule has 1 saturated heterocycles. The van der Waals surface area contributed by atoms with Crippen molar-refractivity contribution in [2.45, 2.75) is 37.1 Å². The molecule has 2 aliphatic rings. The van der Waals surface area contributed by atoms with Gasteiger partial charge in [0.05, 0.1) is 15.6 Å². The highest BCUT2D eigenvalue weighted by atomic mass is 35.5. The Morgan fingerprint density at radius 2 is 1.51 bits per heavy atom. The number of benzene rings is 3. The third-order valence-corrected chi connectivity index (χ3v) is 9.68. The van der Waals surface area contributed by atoms with E-state index in [1.165, 1.54) is 5.56 Å². The Morgan fingerprint density at radius 3 is 2.14 bits per heavy atom. The van der Waals surface area contributed by atoms with Gasteiger partial charge in [-0.05, 0) is 74.2 Å². The maximum Gasteiger partial charge on any atom is 0.243 e. The van der Waals surface area contributed by atoms with Gasteiger partial charge in [-0.2, -0.15) is 4.31 Å². The number of rotatable bonds is 6. The van der Waals surface area contributed by atoms with Crippen molar-refractivity contribution >= 4 is 33.0 Å². The van der Waals surface area contributed by atoms with Crippen LogP contribution in [0.4, 0.5) is 11.4 Å². The summed E-state index contributed by atoms with van der Waals surface area (Å²) in [5, 5.41) is 0.741. The molecule has 0 atom stereocenters. The van der Waals surface area contributed by atoms with Crippen LogP contribution in [0, 0.1) is 13.8 Å². The van der Waals surface area contributed by atoms with Crippen LogP contribution in [0.2, 0.25) is 5.02 Å². The van der Waals surface area contributed by atoms with E-state index in [0.29, 0.717) is 18.0 Å². The molecule has 0 radical (unpaired) electrons. The number of hydrogen-bond donors (Lipinski definition) is 0. The number of anilines is 2. The van der Waals surface area contributed by atoms with E-state index in [-0.39, 0.29) is 5.54 Å². The van der Waals surface area contributed by atoms with E-state index in [2.05, 4.69) is 46.2 Å². The van der Waals surface area contributed by atoms with Crippen LogP contribution in [0.3, 0.4) is 0 Å². The predicted octanol–water partition coefficient (Wildman–Crippen LogP) is 5.72. The molecule has 7 heteroatoms. The average Bonchev–Trinajstić information content (AvgIpc) is 3.66. The lowest BCUT2D eigenvalue weighted by atomic mass is 10.0. The summed E-state index contributed by atoms with van der Waals surface area (Å²) in [6.07, 6.45) is 2.19. The Balaban J connectivity index is 1.32. The summed E-state index contributed by atoms with van der Waals surface area (Å²) in [6.45, 7) is 6.49. The van der Waals surface area contributed by atoms with E-state index < -0.39 is 10.0 Å². The predicted molar refractivity (Wildman–Crippen MR) is 143 cm³/mol. The molecule has 0 N–H and O–H groups in total. The second-order valence-electron chi connectivity index (χ2n) is 9.80. The van der Waals surface area contributed by atoms with Crippen LogP contribution in [0.15, 0.2) is 71.6 Å². The fourth-order valence-electron chi connectivity index (χ4n) is 5.15. The zero-order chi connectivity index (χ0) is 24.8. The number of hydrogen-bond acceptors (Lipinski definition) is 4. The summed E-state index contributed by atoms with van der Waals surface area (Å²) in [6, 6.07) is 22.0. The molecular weight excluding hydrogens is 478 g/mol. The van der Waals surface area contributed by atoms with Crippen LogP contribution in [0.5, 0.6) is 0 Å². The molecule has 35 heavy (non-hydrogen) atoms. The van der Waals surface area contributed by atoms with Gasteiger partial charge in [-0.25, -0.2) is 8.42 Å². The molecule has 5 nitrogen and oxygen atoms in total. The molecule has 1 saturated carbocycles. The van der Waals surface area contributed by atoms with Gasteiger partial charge in [0, 0.05) is 44.5 Å². The van der Waals surface area contributed by atoms with Crippen LogP contribution in [0.1, 0.15) is 29.5 Å². The smallest absolute Gasteiger partial charge is 0.243 e. The minimum Gasteiger partial charge on any atom is -0.343 e. The molecule has 184 valence electrons. The fraction of sp³-hybridized carbons (Fsp3) is 0.357. The van der Waals surface area contributed by atoms with Crippen molar-refractivity contribution in [2.75, 3.05) is 38.1 Å². The zero-order valence-electron chi connectivity index (χ0n) is 20.5. The van der Waals surface area contributed by atoms with E-state index in [1.54, 1.807) is 16.4 Å². The van der Waals surface area contributed by atoms with Gasteiger partial charge in [0.25, 0.3) is 0 Å². The van der Waals surface area contributed by atoms with E-state index in [9.17, 15) is 8.42 Å². The van der Waals surface area contributed by atoms with Gasteiger partial charge in [0.15, 0.2) is 0 Å². The Kier molecular flexibility index (Phi) is 6.43. The van der Waals surface area contributed by atoms with Crippen molar-refractivity contribution < 1.29 is 8.42 Å². The van der Waals surface area contributed by atoms with Crippen molar-refractivity contribution in [3.8, 4) is 0 Å². The molecule has 0 aromatic heterocycles. The maximum atomic E-state index is 13.1. The van der Waals surface area contributed by atoms with Crippen LogP contribution in [0.25, 0.3) is 0 Å². The molecule has 0 bridgehead atoms. The van der Waals surface area contributed by atoms with Crippen molar-refractivity contribution in [3.05, 3.63) is 88.4 Å². The maximum absolute atomic E-state index is 13.1. The molecule has 0 spiro atoms. The van der Waals surface area contributed by atoms with E-state index in [0.717, 1.165) is 53.5 Å². The highest BCUT2D eigenvalue weighted by Crippen LogP contribution is 2.52. The summed E-state index contributed by atoms with van der Waals surface area (Å²) < 4.78 is 27.9. The fourth-order valence-corrected chi connectivity index (χ4v) is 6.93. The Bertz CT molecular complexity index is 1330. The number of piperazine rings is 1. The third kappa shape index (κ3) is 4.60. The Hall–Kier alpha value is -2.38. The van der Waals surface area contributed by atoms with Crippen molar-refractivity contribution in [3.63, 3.8) is 0 Å². The van der Waals surface area contributed by atoms with Gasteiger partial charge in [0.1, 0.15) is 0 Å². The standard InChI is InChI=1S/C28H32ClN3O2S/c1-21-7-10-25(11-8-21)35(33,34)32-17-15-31(16-18-32)28(13-14-28)23-5-4-6-24(20-23)30(3)27-12-9-22(2)19-26(27)29/h4-12,19-20H,13-18H2,1-3H3. The van der Waals surface area contributed by atoms with Gasteiger partial charge in [-0.3, -0.25) is 4.90 Å². The zero-order valence-corrected chi connectivity index (χ0v) is 22.1. The van der Waals surface area contributed by atoms with E-state index >= 15 is 0 Å². The molecule has 0 amide bonds. The minimum atomic E-state index is -3.46. The first-order valence-corrected chi connectivity index (χ1v) is 13.9. The lowest BCUT2D eigenvalue weighted by Gasteiger charge is -2.39. The summed E-state index contributed by atoms with van der Waals surface area (Å²) in [4.78, 5) is 4.99. The van der Waals surface area contributed by atoms with Crippen LogP contribution < -0.4 is 4.90 Å². The first-order chi connectivity index (χ1) is 16.7. The van der Waals surface area contributed by atoms with Gasteiger partial charge >= 0.3 is 0 Å². The Morgan fingerprint density at radius 1 is 0.857 bits per heavy atom. The SMILES string of the molecule is Cc1ccc(S(=O)(=O)N2CCN(C3(c4cccc(N(C)c5ccc(C)cc5Cl)c4)CC3)CC2)cc1. The number of sulfonamides is 1. The number of halogens is 1. The molecular formula is C28H32ClN3O2S. The van der Waals surface area contributed by atoms with Crippen molar-refractivity contribution in [1.82, 2.24) is 9.21 Å². The topological polar surface area (TPSA) is 43.9 Å². The molecule has 3 aromatic carbocycles. The summed E-state index contributed by atoms with van der Waals surface area (Å²) in [5.74, 6) is 0. The number of nitrogens with zero attached hydrogens (tertiary/aromatic N) is 3. The highest BCUT2D eigenvalue weighted by Gasteiger charge is 2.50. The first-order valence-electron chi connectivity index (χ1n) is 12.1. The molecule has 1 heterocycles. The molecule has 2 fully saturated rings. The minimum absolute atomic E-state index is 0.00632. The van der Waals surface area contributed by atoms with Crippen LogP contribution >= 0.6 is 11.6 Å². The quantitative estimate of drug-likeness (QED) is 0.426. The van der Waals surface area contributed by atoms with Crippen molar-refractivity contribution in [2.24, 2.45) is 0 Å². The third-order valence-electron chi connectivity index (χ3n) is 7.46. The monoisotopic (exact) mass is 509 g/mol. The molecule has 0 unspecified atom stereocenters. The van der Waals surface area contributed by atoms with E-state index in [1.807, 2.05) is 39.1 Å². The highest BCUT2D eigenvalue weighted by molar-refractivity contribution is 7.89. The van der Waals surface area contributed by atoms with Gasteiger partial charge < -0.3 is 4.90 Å². The van der Waals surface area contributed by atoms with Crippen LogP contribution in [-0.2, 0) is 15.6 Å². The first kappa shape index (κ1) is 24.3. The van der Waals surface area contributed by atoms with Crippen molar-refractivity contribution in [1.29, 1.82) is 0 Å². The molecule has 5 rings (SSSR count). The molecule has 3 aromatic rings. The normalized spacial score (nSPS) is 18.4. The molecule has 1 aliphatic carbocycles. The van der Waals surface area contributed by atoms with Gasteiger partial charge in [0.2, 0.25) is 10.0 Å². The van der Waals surface area contributed by atoms with E-state index in [4.69, 9.17) is 11.6 Å². The van der Waals surface area contributed by atoms with Crippen LogP contribution in [-0.4, -0.2) is 50.8 Å². The summed E-state index contributed by atoms with van der Waals surface area (Å²) in [7, 11) is -1.41. The Labute approximate surface area is 214 Å². The summed E-state index contributed by atoms with van der Waals surface area (Å²) in [5.41, 5.74) is 5.56. The second-order valence-corrected chi connectivity index (χ2v) is 12.1. The van der Waals surface area contributed by atoms with Gasteiger partial charge in [-0.15, -0.1) is 0 Å². The van der Waals surface area contributed by atoms with Gasteiger partial charge in [-0.1, -0.05) is 47.5 Å². The number of aryl methyl sites for hydroxylation is 2. The average molecular weight is 510 g/mol. The summed E-state index contributed by atoms with van der Waals surface area (Å²) >= 11 is 6.54. The lowest BCUT2D eigenvalue weighted by molar-refractivity contribution is 0.121. The molecule has 1 aliphatic heterocycles.